The number of rotatable bonds is 2. The van der Waals surface area contributed by atoms with Crippen molar-refractivity contribution in [2.75, 3.05) is 0 Å². The Bertz CT molecular complexity index is 534. The van der Waals surface area contributed by atoms with Gasteiger partial charge in [0, 0.05) is 7.05 Å². The Balaban J connectivity index is 2.52. The fourth-order valence-corrected chi connectivity index (χ4v) is 2.09. The van der Waals surface area contributed by atoms with Crippen molar-refractivity contribution in [2.45, 2.75) is 20.3 Å². The van der Waals surface area contributed by atoms with E-state index in [1.165, 1.54) is 11.1 Å². The topological polar surface area (TPSA) is 20.7 Å². The van der Waals surface area contributed by atoms with Crippen LogP contribution in [0, 0.1) is 10.7 Å². The Labute approximate surface area is 94.9 Å². The highest BCUT2D eigenvalue weighted by Gasteiger charge is 2.03. The lowest BCUT2D eigenvalue weighted by molar-refractivity contribution is 0.647. The summed E-state index contributed by atoms with van der Waals surface area (Å²) in [5.41, 5.74) is 3.68. The van der Waals surface area contributed by atoms with Gasteiger partial charge in [-0.15, -0.1) is 0 Å². The van der Waals surface area contributed by atoms with E-state index in [-0.39, 0.29) is 0 Å². The molecule has 2 nitrogen and oxygen atoms in total. The van der Waals surface area contributed by atoms with Crippen molar-refractivity contribution in [2.24, 2.45) is 13.0 Å². The van der Waals surface area contributed by atoms with Gasteiger partial charge in [0.2, 0.25) is 0 Å². The van der Waals surface area contributed by atoms with Crippen molar-refractivity contribution in [1.29, 1.82) is 0 Å². The minimum absolute atomic E-state index is 0.689. The van der Waals surface area contributed by atoms with Crippen LogP contribution in [0.15, 0.2) is 18.2 Å². The minimum Gasteiger partial charge on any atom is -0.331 e. The number of benzene rings is 1. The Morgan fingerprint density at radius 2 is 2.13 bits per heavy atom. The van der Waals surface area contributed by atoms with Crippen LogP contribution >= 0.6 is 12.2 Å². The van der Waals surface area contributed by atoms with Gasteiger partial charge in [-0.3, -0.25) is 0 Å². The number of nitrogens with one attached hydrogen (secondary N) is 1. The van der Waals surface area contributed by atoms with E-state index >= 15 is 0 Å². The van der Waals surface area contributed by atoms with Gasteiger partial charge in [0.15, 0.2) is 4.77 Å². The van der Waals surface area contributed by atoms with Gasteiger partial charge in [-0.2, -0.15) is 0 Å². The fraction of sp³-hybridized carbons (Fsp3) is 0.417. The molecule has 2 aromatic rings. The number of nitrogens with zero attached hydrogens (tertiary/aromatic N) is 1. The zero-order valence-corrected chi connectivity index (χ0v) is 10.2. The van der Waals surface area contributed by atoms with Crippen molar-refractivity contribution < 1.29 is 0 Å². The van der Waals surface area contributed by atoms with Gasteiger partial charge < -0.3 is 9.55 Å². The van der Waals surface area contributed by atoms with E-state index in [9.17, 15) is 0 Å². The molecule has 0 aliphatic rings. The smallest absolute Gasteiger partial charge is 0.177 e. The van der Waals surface area contributed by atoms with Crippen molar-refractivity contribution in [3.63, 3.8) is 0 Å². The Morgan fingerprint density at radius 1 is 1.40 bits per heavy atom. The van der Waals surface area contributed by atoms with Crippen LogP contribution in [0.1, 0.15) is 19.4 Å². The number of hydrogen-bond donors (Lipinski definition) is 1. The molecule has 0 fully saturated rings. The predicted octanol–water partition coefficient (Wildman–Crippen LogP) is 3.43. The maximum atomic E-state index is 5.19. The standard InChI is InChI=1S/C12H16N2S/c1-8(2)6-9-4-5-11-10(7-9)13-12(15)14(11)3/h4-5,7-8H,6H2,1-3H3,(H,13,15). The molecular weight excluding hydrogens is 204 g/mol. The number of aryl methyl sites for hydroxylation is 1. The largest absolute Gasteiger partial charge is 0.331 e. The highest BCUT2D eigenvalue weighted by molar-refractivity contribution is 7.71. The van der Waals surface area contributed by atoms with Gasteiger partial charge >= 0.3 is 0 Å². The number of aromatic nitrogens is 2. The Kier molecular flexibility index (Phi) is 2.65. The third-order valence-electron chi connectivity index (χ3n) is 2.61. The van der Waals surface area contributed by atoms with E-state index in [2.05, 4.69) is 37.0 Å². The molecule has 0 atom stereocenters. The first-order chi connectivity index (χ1) is 7.08. The lowest BCUT2D eigenvalue weighted by Crippen LogP contribution is -1.93. The van der Waals surface area contributed by atoms with E-state index in [1.54, 1.807) is 0 Å². The molecule has 0 unspecified atom stereocenters. The molecule has 1 heterocycles. The second-order valence-corrected chi connectivity index (χ2v) is 4.83. The van der Waals surface area contributed by atoms with Crippen LogP contribution in [-0.4, -0.2) is 9.55 Å². The molecular formula is C12H16N2S. The second kappa shape index (κ2) is 3.81. The number of aromatic amines is 1. The normalized spacial score (nSPS) is 11.5. The molecule has 1 aromatic heterocycles. The quantitative estimate of drug-likeness (QED) is 0.769. The number of H-pyrrole nitrogens is 1. The van der Waals surface area contributed by atoms with Gasteiger partial charge in [-0.25, -0.2) is 0 Å². The first kappa shape index (κ1) is 10.4. The predicted molar refractivity (Wildman–Crippen MR) is 66.6 cm³/mol. The molecule has 1 N–H and O–H groups in total. The van der Waals surface area contributed by atoms with E-state index in [0.717, 1.165) is 16.7 Å². The molecule has 3 heteroatoms. The molecule has 0 bridgehead atoms. The molecule has 2 rings (SSSR count). The maximum Gasteiger partial charge on any atom is 0.177 e. The average molecular weight is 220 g/mol. The lowest BCUT2D eigenvalue weighted by Gasteiger charge is -2.04. The summed E-state index contributed by atoms with van der Waals surface area (Å²) in [7, 11) is 1.99. The molecule has 80 valence electrons. The third-order valence-corrected chi connectivity index (χ3v) is 2.99. The van der Waals surface area contributed by atoms with Crippen LogP contribution in [0.25, 0.3) is 11.0 Å². The molecule has 0 amide bonds. The van der Waals surface area contributed by atoms with Gasteiger partial charge in [0.1, 0.15) is 0 Å². The zero-order valence-electron chi connectivity index (χ0n) is 9.37. The van der Waals surface area contributed by atoms with E-state index in [1.807, 2.05) is 11.6 Å². The molecule has 1 aromatic carbocycles. The minimum atomic E-state index is 0.689. The average Bonchev–Trinajstić information content (AvgIpc) is 2.41. The van der Waals surface area contributed by atoms with Crippen LogP contribution in [-0.2, 0) is 13.5 Å². The molecule has 0 radical (unpaired) electrons. The monoisotopic (exact) mass is 220 g/mol. The summed E-state index contributed by atoms with van der Waals surface area (Å²) < 4.78 is 2.79. The van der Waals surface area contributed by atoms with Gasteiger partial charge in [-0.05, 0) is 42.3 Å². The van der Waals surface area contributed by atoms with E-state index in [0.29, 0.717) is 5.92 Å². The van der Waals surface area contributed by atoms with E-state index in [4.69, 9.17) is 12.2 Å². The number of fused-ring (bicyclic) bond motifs is 1. The summed E-state index contributed by atoms with van der Waals surface area (Å²) in [6.45, 7) is 4.47. The fourth-order valence-electron chi connectivity index (χ4n) is 1.88. The first-order valence-electron chi connectivity index (χ1n) is 5.25. The third kappa shape index (κ3) is 1.97. The molecule has 0 spiro atoms. The summed E-state index contributed by atoms with van der Waals surface area (Å²) in [6, 6.07) is 6.52. The number of hydrogen-bond acceptors (Lipinski definition) is 1. The molecule has 0 saturated heterocycles. The zero-order chi connectivity index (χ0) is 11.0. The van der Waals surface area contributed by atoms with Crippen molar-refractivity contribution in [1.82, 2.24) is 9.55 Å². The van der Waals surface area contributed by atoms with Crippen LogP contribution in [0.4, 0.5) is 0 Å². The molecule has 0 aliphatic carbocycles. The summed E-state index contributed by atoms with van der Waals surface area (Å²) in [4.78, 5) is 3.22. The van der Waals surface area contributed by atoms with Crippen LogP contribution < -0.4 is 0 Å². The SMILES string of the molecule is CC(C)Cc1ccc2c(c1)[nH]c(=S)n2C. The highest BCUT2D eigenvalue weighted by Crippen LogP contribution is 2.17. The number of imidazole rings is 1. The summed E-state index contributed by atoms with van der Waals surface area (Å²) in [5, 5.41) is 0. The Morgan fingerprint density at radius 3 is 2.80 bits per heavy atom. The van der Waals surface area contributed by atoms with E-state index < -0.39 is 0 Å². The van der Waals surface area contributed by atoms with Crippen LogP contribution in [0.2, 0.25) is 0 Å². The lowest BCUT2D eigenvalue weighted by atomic mass is 10.0. The second-order valence-electron chi connectivity index (χ2n) is 4.44. The van der Waals surface area contributed by atoms with Gasteiger partial charge in [0.05, 0.1) is 11.0 Å². The summed E-state index contributed by atoms with van der Waals surface area (Å²) in [6.07, 6.45) is 1.12. The Hall–Kier alpha value is -1.09. The highest BCUT2D eigenvalue weighted by atomic mass is 32.1. The van der Waals surface area contributed by atoms with Crippen LogP contribution in [0.3, 0.4) is 0 Å². The van der Waals surface area contributed by atoms with Crippen molar-refractivity contribution >= 4 is 23.3 Å². The molecule has 15 heavy (non-hydrogen) atoms. The summed E-state index contributed by atoms with van der Waals surface area (Å²) >= 11 is 5.19. The van der Waals surface area contributed by atoms with Gasteiger partial charge in [0.25, 0.3) is 0 Å². The summed E-state index contributed by atoms with van der Waals surface area (Å²) in [5.74, 6) is 0.689. The van der Waals surface area contributed by atoms with Crippen LogP contribution in [0.5, 0.6) is 0 Å². The van der Waals surface area contributed by atoms with Crippen molar-refractivity contribution in [3.8, 4) is 0 Å². The molecule has 0 aliphatic heterocycles. The maximum absolute atomic E-state index is 5.19. The van der Waals surface area contributed by atoms with Crippen molar-refractivity contribution in [3.05, 3.63) is 28.5 Å². The molecule has 0 saturated carbocycles. The van der Waals surface area contributed by atoms with Gasteiger partial charge in [-0.1, -0.05) is 19.9 Å². The first-order valence-corrected chi connectivity index (χ1v) is 5.66.